The summed E-state index contributed by atoms with van der Waals surface area (Å²) in [5.41, 5.74) is 2.40. The van der Waals surface area contributed by atoms with Crippen molar-refractivity contribution in [3.63, 3.8) is 0 Å². The van der Waals surface area contributed by atoms with Crippen molar-refractivity contribution in [3.8, 4) is 5.75 Å². The quantitative estimate of drug-likeness (QED) is 0.459. The van der Waals surface area contributed by atoms with Crippen LogP contribution in [0.3, 0.4) is 0 Å². The van der Waals surface area contributed by atoms with Crippen molar-refractivity contribution >= 4 is 46.9 Å². The maximum absolute atomic E-state index is 13.4. The number of para-hydroxylation sites is 1. The highest BCUT2D eigenvalue weighted by atomic mass is 35.5. The Bertz CT molecular complexity index is 836. The molecular weight excluding hydrogens is 384 g/mol. The molecule has 0 atom stereocenters. The summed E-state index contributed by atoms with van der Waals surface area (Å²) in [7, 11) is 0. The summed E-state index contributed by atoms with van der Waals surface area (Å²) in [6, 6.07) is 8.54. The lowest BCUT2D eigenvalue weighted by Crippen LogP contribution is -2.32. The standard InChI is InChI=1S/C17H14Cl2FN3O3/c1-2-26-15-11(18)7-10(8-12(15)19)9-21-23-17(25)16(24)22-14-6-4-3-5-13(14)20/h3-9H,2H2,1H3,(H,22,24)(H,23,25)/b21-9-. The Balaban J connectivity index is 1.98. The minimum absolute atomic E-state index is 0.110. The van der Waals surface area contributed by atoms with E-state index in [1.807, 2.05) is 5.43 Å². The fraction of sp³-hybridized carbons (Fsp3) is 0.118. The Morgan fingerprint density at radius 2 is 1.85 bits per heavy atom. The normalized spacial score (nSPS) is 10.6. The van der Waals surface area contributed by atoms with Gasteiger partial charge in [-0.05, 0) is 36.8 Å². The number of nitrogens with one attached hydrogen (secondary N) is 2. The van der Waals surface area contributed by atoms with Gasteiger partial charge in [0, 0.05) is 0 Å². The van der Waals surface area contributed by atoms with Crippen molar-refractivity contribution in [2.24, 2.45) is 5.10 Å². The summed E-state index contributed by atoms with van der Waals surface area (Å²) < 4.78 is 18.7. The van der Waals surface area contributed by atoms with E-state index in [2.05, 4.69) is 10.4 Å². The van der Waals surface area contributed by atoms with Crippen molar-refractivity contribution in [3.05, 3.63) is 57.8 Å². The van der Waals surface area contributed by atoms with Gasteiger partial charge in [0.15, 0.2) is 5.75 Å². The van der Waals surface area contributed by atoms with E-state index < -0.39 is 17.6 Å². The Morgan fingerprint density at radius 1 is 1.19 bits per heavy atom. The fourth-order valence-electron chi connectivity index (χ4n) is 1.89. The molecule has 26 heavy (non-hydrogen) atoms. The van der Waals surface area contributed by atoms with Gasteiger partial charge in [-0.1, -0.05) is 35.3 Å². The number of hydrogen-bond acceptors (Lipinski definition) is 4. The molecular formula is C17H14Cl2FN3O3. The average Bonchev–Trinajstić information content (AvgIpc) is 2.60. The Labute approximate surface area is 158 Å². The molecule has 0 unspecified atom stereocenters. The minimum Gasteiger partial charge on any atom is -0.491 e. The number of amides is 2. The van der Waals surface area contributed by atoms with Crippen molar-refractivity contribution < 1.29 is 18.7 Å². The first-order chi connectivity index (χ1) is 12.4. The van der Waals surface area contributed by atoms with Crippen LogP contribution in [0.5, 0.6) is 5.75 Å². The second-order valence-corrected chi connectivity index (χ2v) is 5.69. The van der Waals surface area contributed by atoms with Gasteiger partial charge in [-0.2, -0.15) is 5.10 Å². The average molecular weight is 398 g/mol. The molecule has 0 aliphatic carbocycles. The zero-order valence-corrected chi connectivity index (χ0v) is 15.1. The van der Waals surface area contributed by atoms with Gasteiger partial charge in [0.2, 0.25) is 0 Å². The Morgan fingerprint density at radius 3 is 2.46 bits per heavy atom. The van der Waals surface area contributed by atoms with Gasteiger partial charge in [0.1, 0.15) is 5.82 Å². The summed E-state index contributed by atoms with van der Waals surface area (Å²) in [5, 5.41) is 6.35. The van der Waals surface area contributed by atoms with Gasteiger partial charge in [-0.15, -0.1) is 0 Å². The molecule has 0 radical (unpaired) electrons. The van der Waals surface area contributed by atoms with Crippen LogP contribution in [0.25, 0.3) is 0 Å². The first-order valence-electron chi connectivity index (χ1n) is 7.43. The summed E-state index contributed by atoms with van der Waals surface area (Å²) in [6.07, 6.45) is 1.25. The summed E-state index contributed by atoms with van der Waals surface area (Å²) >= 11 is 12.1. The van der Waals surface area contributed by atoms with E-state index in [4.69, 9.17) is 27.9 Å². The van der Waals surface area contributed by atoms with E-state index in [1.165, 1.54) is 36.5 Å². The molecule has 0 saturated heterocycles. The number of carbonyl (C=O) groups is 2. The molecule has 0 aliphatic rings. The molecule has 136 valence electrons. The first-order valence-corrected chi connectivity index (χ1v) is 8.18. The number of hydrogen-bond donors (Lipinski definition) is 2. The molecule has 2 N–H and O–H groups in total. The number of benzene rings is 2. The largest absolute Gasteiger partial charge is 0.491 e. The molecule has 0 aliphatic heterocycles. The Kier molecular flexibility index (Phi) is 6.94. The molecule has 2 rings (SSSR count). The molecule has 6 nitrogen and oxygen atoms in total. The number of rotatable bonds is 5. The van der Waals surface area contributed by atoms with Crippen LogP contribution < -0.4 is 15.5 Å². The number of anilines is 1. The summed E-state index contributed by atoms with van der Waals surface area (Å²) in [4.78, 5) is 23.4. The number of ether oxygens (including phenoxy) is 1. The van der Waals surface area contributed by atoms with Gasteiger partial charge in [0.05, 0.1) is 28.6 Å². The van der Waals surface area contributed by atoms with Crippen molar-refractivity contribution in [1.82, 2.24) is 5.43 Å². The lowest BCUT2D eigenvalue weighted by molar-refractivity contribution is -0.136. The Hall–Kier alpha value is -2.64. The van der Waals surface area contributed by atoms with Gasteiger partial charge in [-0.25, -0.2) is 9.82 Å². The van der Waals surface area contributed by atoms with Crippen LogP contribution in [-0.4, -0.2) is 24.6 Å². The zero-order valence-electron chi connectivity index (χ0n) is 13.6. The predicted octanol–water partition coefficient (Wildman–Crippen LogP) is 3.62. The molecule has 2 aromatic carbocycles. The van der Waals surface area contributed by atoms with Crippen LogP contribution >= 0.6 is 23.2 Å². The predicted molar refractivity (Wildman–Crippen MR) is 98.4 cm³/mol. The topological polar surface area (TPSA) is 79.8 Å². The van der Waals surface area contributed by atoms with Crippen LogP contribution in [0.2, 0.25) is 10.0 Å². The van der Waals surface area contributed by atoms with Gasteiger partial charge < -0.3 is 10.1 Å². The minimum atomic E-state index is -1.06. The molecule has 0 fully saturated rings. The monoisotopic (exact) mass is 397 g/mol. The van der Waals surface area contributed by atoms with E-state index >= 15 is 0 Å². The van der Waals surface area contributed by atoms with Crippen LogP contribution in [0, 0.1) is 5.82 Å². The maximum atomic E-state index is 13.4. The van der Waals surface area contributed by atoms with E-state index in [0.29, 0.717) is 17.9 Å². The van der Waals surface area contributed by atoms with E-state index in [0.717, 1.165) is 6.07 Å². The van der Waals surface area contributed by atoms with Gasteiger partial charge >= 0.3 is 11.8 Å². The maximum Gasteiger partial charge on any atom is 0.329 e. The second-order valence-electron chi connectivity index (χ2n) is 4.88. The van der Waals surface area contributed by atoms with Crippen LogP contribution in [-0.2, 0) is 9.59 Å². The highest BCUT2D eigenvalue weighted by Gasteiger charge is 2.14. The first kappa shape index (κ1) is 19.7. The molecule has 0 saturated carbocycles. The van der Waals surface area contributed by atoms with Crippen LogP contribution in [0.1, 0.15) is 12.5 Å². The van der Waals surface area contributed by atoms with E-state index in [9.17, 15) is 14.0 Å². The van der Waals surface area contributed by atoms with Crippen LogP contribution in [0.4, 0.5) is 10.1 Å². The lowest BCUT2D eigenvalue weighted by atomic mass is 10.2. The van der Waals surface area contributed by atoms with Crippen molar-refractivity contribution in [1.29, 1.82) is 0 Å². The molecule has 9 heteroatoms. The van der Waals surface area contributed by atoms with E-state index in [-0.39, 0.29) is 15.7 Å². The smallest absolute Gasteiger partial charge is 0.329 e. The third-order valence-electron chi connectivity index (χ3n) is 3.02. The molecule has 0 bridgehead atoms. The number of nitrogens with zero attached hydrogens (tertiary/aromatic N) is 1. The van der Waals surface area contributed by atoms with Crippen LogP contribution in [0.15, 0.2) is 41.5 Å². The molecule has 0 spiro atoms. The fourth-order valence-corrected chi connectivity index (χ4v) is 2.51. The van der Waals surface area contributed by atoms with Crippen molar-refractivity contribution in [2.75, 3.05) is 11.9 Å². The second kappa shape index (κ2) is 9.17. The number of halogens is 3. The number of carbonyl (C=O) groups excluding carboxylic acids is 2. The molecule has 0 heterocycles. The van der Waals surface area contributed by atoms with Gasteiger partial charge in [0.25, 0.3) is 0 Å². The highest BCUT2D eigenvalue weighted by molar-refractivity contribution is 6.39. The summed E-state index contributed by atoms with van der Waals surface area (Å²) in [5.74, 6) is -2.43. The lowest BCUT2D eigenvalue weighted by Gasteiger charge is -2.08. The molecule has 0 aromatic heterocycles. The SMILES string of the molecule is CCOc1c(Cl)cc(/C=N\NC(=O)C(=O)Nc2ccccc2F)cc1Cl. The molecule has 2 amide bonds. The highest BCUT2D eigenvalue weighted by Crippen LogP contribution is 2.33. The zero-order chi connectivity index (χ0) is 19.1. The van der Waals surface area contributed by atoms with Gasteiger partial charge in [-0.3, -0.25) is 9.59 Å². The number of hydrazone groups is 1. The van der Waals surface area contributed by atoms with E-state index in [1.54, 1.807) is 6.92 Å². The van der Waals surface area contributed by atoms with Crippen molar-refractivity contribution in [2.45, 2.75) is 6.92 Å². The third kappa shape index (κ3) is 5.18. The summed E-state index contributed by atoms with van der Waals surface area (Å²) in [6.45, 7) is 2.20. The molecule has 2 aromatic rings. The third-order valence-corrected chi connectivity index (χ3v) is 3.58.